The number of allylic oxidation sites excluding steroid dienone is 1. The third-order valence-corrected chi connectivity index (χ3v) is 1.91. The molecule has 0 unspecified atom stereocenters. The summed E-state index contributed by atoms with van der Waals surface area (Å²) in [4.78, 5) is 0.763. The van der Waals surface area contributed by atoms with Crippen molar-refractivity contribution < 1.29 is 0 Å². The first-order chi connectivity index (χ1) is 6.77. The average molecular weight is 201 g/mol. The van der Waals surface area contributed by atoms with Crippen LogP contribution in [-0.4, -0.2) is 0 Å². The Labute approximate surface area is 87.7 Å². The normalized spacial score (nSPS) is 8.21. The summed E-state index contributed by atoms with van der Waals surface area (Å²) >= 11 is 4.20. The predicted octanol–water partition coefficient (Wildman–Crippen LogP) is 2.32. The zero-order valence-electron chi connectivity index (χ0n) is 7.23. The molecule has 0 fully saturated rings. The lowest BCUT2D eigenvalue weighted by atomic mass is 10.3. The highest BCUT2D eigenvalue weighted by atomic mass is 32.1. The van der Waals surface area contributed by atoms with Crippen LogP contribution < -0.4 is 5.32 Å². The molecule has 0 radical (unpaired) electrons. The molecule has 0 aliphatic carbocycles. The first kappa shape index (κ1) is 10.2. The highest BCUT2D eigenvalue weighted by Crippen LogP contribution is 2.18. The SMILES string of the molecule is N#CC(C#N)=CNc1ccccc1S. The van der Waals surface area contributed by atoms with Crippen LogP contribution in [0.1, 0.15) is 0 Å². The highest BCUT2D eigenvalue weighted by molar-refractivity contribution is 7.80. The Bertz CT molecular complexity index is 421. The van der Waals surface area contributed by atoms with Crippen LogP contribution in [0.15, 0.2) is 40.9 Å². The number of rotatable bonds is 2. The van der Waals surface area contributed by atoms with E-state index in [4.69, 9.17) is 10.5 Å². The molecule has 1 aromatic carbocycles. The lowest BCUT2D eigenvalue weighted by molar-refractivity contribution is 1.40. The van der Waals surface area contributed by atoms with Crippen LogP contribution in [0, 0.1) is 22.7 Å². The predicted molar refractivity (Wildman–Crippen MR) is 56.6 cm³/mol. The summed E-state index contributed by atoms with van der Waals surface area (Å²) < 4.78 is 0. The van der Waals surface area contributed by atoms with Crippen molar-refractivity contribution in [3.8, 4) is 12.1 Å². The fourth-order valence-corrected chi connectivity index (χ4v) is 1.06. The Kier molecular flexibility index (Phi) is 3.60. The number of nitrogens with zero attached hydrogens (tertiary/aromatic N) is 2. The zero-order valence-corrected chi connectivity index (χ0v) is 8.12. The quantitative estimate of drug-likeness (QED) is 0.570. The number of nitrogens with one attached hydrogen (secondary N) is 1. The van der Waals surface area contributed by atoms with Gasteiger partial charge in [0.25, 0.3) is 0 Å². The lowest BCUT2D eigenvalue weighted by Crippen LogP contribution is -1.90. The summed E-state index contributed by atoms with van der Waals surface area (Å²) in [6.07, 6.45) is 1.36. The van der Waals surface area contributed by atoms with E-state index in [-0.39, 0.29) is 5.57 Å². The molecule has 0 aliphatic rings. The van der Waals surface area contributed by atoms with E-state index in [1.165, 1.54) is 6.20 Å². The van der Waals surface area contributed by atoms with Gasteiger partial charge in [0.2, 0.25) is 0 Å². The molecule has 0 spiro atoms. The zero-order chi connectivity index (χ0) is 10.4. The molecule has 1 N–H and O–H groups in total. The second-order valence-electron chi connectivity index (χ2n) is 2.44. The van der Waals surface area contributed by atoms with Crippen molar-refractivity contribution >= 4 is 18.3 Å². The molecular formula is C10H7N3S. The largest absolute Gasteiger partial charge is 0.359 e. The molecule has 1 aromatic rings. The fourth-order valence-electron chi connectivity index (χ4n) is 0.835. The van der Waals surface area contributed by atoms with Crippen LogP contribution in [0.25, 0.3) is 0 Å². The highest BCUT2D eigenvalue weighted by Gasteiger charge is 1.95. The van der Waals surface area contributed by atoms with Gasteiger partial charge in [-0.3, -0.25) is 0 Å². The van der Waals surface area contributed by atoms with Crippen LogP contribution in [0.4, 0.5) is 5.69 Å². The molecule has 4 heteroatoms. The van der Waals surface area contributed by atoms with E-state index in [0.29, 0.717) is 0 Å². The third kappa shape index (κ3) is 2.55. The van der Waals surface area contributed by atoms with Crippen LogP contribution >= 0.6 is 12.6 Å². The maximum absolute atomic E-state index is 8.47. The van der Waals surface area contributed by atoms with Gasteiger partial charge < -0.3 is 5.32 Å². The van der Waals surface area contributed by atoms with Crippen LogP contribution in [0.2, 0.25) is 0 Å². The molecule has 0 atom stereocenters. The van der Waals surface area contributed by atoms with Crippen molar-refractivity contribution in [1.29, 1.82) is 10.5 Å². The molecule has 0 aliphatic heterocycles. The van der Waals surface area contributed by atoms with Crippen LogP contribution in [0.3, 0.4) is 0 Å². The Morgan fingerprint density at radius 1 is 1.29 bits per heavy atom. The van der Waals surface area contributed by atoms with E-state index in [1.54, 1.807) is 12.1 Å². The molecule has 0 aromatic heterocycles. The number of nitriles is 2. The van der Waals surface area contributed by atoms with Gasteiger partial charge in [0.1, 0.15) is 17.7 Å². The Balaban J connectivity index is 2.83. The smallest absolute Gasteiger partial charge is 0.145 e. The van der Waals surface area contributed by atoms with Gasteiger partial charge in [-0.05, 0) is 12.1 Å². The fraction of sp³-hybridized carbons (Fsp3) is 0. The van der Waals surface area contributed by atoms with E-state index in [0.717, 1.165) is 10.6 Å². The summed E-state index contributed by atoms with van der Waals surface area (Å²) in [6, 6.07) is 10.8. The van der Waals surface area contributed by atoms with Crippen molar-refractivity contribution in [2.45, 2.75) is 4.90 Å². The molecule has 0 amide bonds. The van der Waals surface area contributed by atoms with E-state index in [1.807, 2.05) is 24.3 Å². The van der Waals surface area contributed by atoms with Gasteiger partial charge >= 0.3 is 0 Å². The summed E-state index contributed by atoms with van der Waals surface area (Å²) in [7, 11) is 0. The molecule has 68 valence electrons. The molecule has 0 bridgehead atoms. The van der Waals surface area contributed by atoms with Gasteiger partial charge in [-0.1, -0.05) is 12.1 Å². The van der Waals surface area contributed by atoms with Crippen molar-refractivity contribution in [1.82, 2.24) is 0 Å². The summed E-state index contributed by atoms with van der Waals surface area (Å²) in [5.74, 6) is 0. The number of anilines is 1. The molecule has 14 heavy (non-hydrogen) atoms. The maximum atomic E-state index is 8.47. The Hall–Kier alpha value is -1.91. The van der Waals surface area contributed by atoms with Gasteiger partial charge in [-0.2, -0.15) is 10.5 Å². The van der Waals surface area contributed by atoms with Gasteiger partial charge in [0.15, 0.2) is 0 Å². The van der Waals surface area contributed by atoms with Crippen molar-refractivity contribution in [2.24, 2.45) is 0 Å². The van der Waals surface area contributed by atoms with Crippen molar-refractivity contribution in [3.63, 3.8) is 0 Å². The minimum absolute atomic E-state index is 0.0292. The van der Waals surface area contributed by atoms with E-state index in [9.17, 15) is 0 Å². The van der Waals surface area contributed by atoms with E-state index < -0.39 is 0 Å². The van der Waals surface area contributed by atoms with E-state index >= 15 is 0 Å². The Morgan fingerprint density at radius 2 is 1.93 bits per heavy atom. The lowest BCUT2D eigenvalue weighted by Gasteiger charge is -2.02. The molecular weight excluding hydrogens is 194 g/mol. The first-order valence-electron chi connectivity index (χ1n) is 3.83. The monoisotopic (exact) mass is 201 g/mol. The number of para-hydroxylation sites is 1. The average Bonchev–Trinajstić information content (AvgIpc) is 2.22. The van der Waals surface area contributed by atoms with E-state index in [2.05, 4.69) is 17.9 Å². The second-order valence-corrected chi connectivity index (χ2v) is 2.92. The van der Waals surface area contributed by atoms with Gasteiger partial charge in [0.05, 0.1) is 5.69 Å². The third-order valence-electron chi connectivity index (χ3n) is 1.52. The van der Waals surface area contributed by atoms with Gasteiger partial charge in [-0.15, -0.1) is 12.6 Å². The number of hydrogen-bond donors (Lipinski definition) is 2. The maximum Gasteiger partial charge on any atom is 0.145 e. The summed E-state index contributed by atoms with van der Waals surface area (Å²) in [5.41, 5.74) is 0.792. The molecule has 0 saturated carbocycles. The Morgan fingerprint density at radius 3 is 2.50 bits per heavy atom. The minimum Gasteiger partial charge on any atom is -0.359 e. The standard InChI is InChI=1S/C10H7N3S/c11-5-8(6-12)7-13-9-3-1-2-4-10(9)14/h1-4,7,13-14H. The molecule has 0 heterocycles. The first-order valence-corrected chi connectivity index (χ1v) is 4.27. The number of thiol groups is 1. The molecule has 3 nitrogen and oxygen atoms in total. The number of benzene rings is 1. The van der Waals surface area contributed by atoms with Crippen LogP contribution in [0.5, 0.6) is 0 Å². The van der Waals surface area contributed by atoms with Gasteiger partial charge in [0, 0.05) is 11.1 Å². The van der Waals surface area contributed by atoms with Crippen molar-refractivity contribution in [3.05, 3.63) is 36.0 Å². The second kappa shape index (κ2) is 4.96. The van der Waals surface area contributed by atoms with Crippen LogP contribution in [-0.2, 0) is 0 Å². The summed E-state index contributed by atoms with van der Waals surface area (Å²) in [6.45, 7) is 0. The van der Waals surface area contributed by atoms with Crippen molar-refractivity contribution in [2.75, 3.05) is 5.32 Å². The minimum atomic E-state index is 0.0292. The molecule has 1 rings (SSSR count). The summed E-state index contributed by atoms with van der Waals surface area (Å²) in [5, 5.41) is 19.8. The molecule has 0 saturated heterocycles. The topological polar surface area (TPSA) is 59.6 Å². The van der Waals surface area contributed by atoms with Gasteiger partial charge in [-0.25, -0.2) is 0 Å². The number of hydrogen-bond acceptors (Lipinski definition) is 4.